The molecular weight excluding hydrogens is 332 g/mol. The first kappa shape index (κ1) is 18.7. The molecule has 0 radical (unpaired) electrons. The molecule has 0 atom stereocenters. The molecule has 0 spiro atoms. The van der Waals surface area contributed by atoms with E-state index < -0.39 is 5.97 Å². The van der Waals surface area contributed by atoms with Crippen molar-refractivity contribution in [1.82, 2.24) is 9.88 Å². The first-order chi connectivity index (χ1) is 12.4. The van der Waals surface area contributed by atoms with Crippen molar-refractivity contribution in [3.05, 3.63) is 22.5 Å². The summed E-state index contributed by atoms with van der Waals surface area (Å²) in [7, 11) is 0. The topological polar surface area (TPSA) is 79.5 Å². The predicted molar refractivity (Wildman–Crippen MR) is 97.2 cm³/mol. The number of ketones is 1. The van der Waals surface area contributed by atoms with Crippen molar-refractivity contribution in [3.8, 4) is 0 Å². The largest absolute Gasteiger partial charge is 0.461 e. The van der Waals surface area contributed by atoms with Crippen LogP contribution in [0.4, 0.5) is 0 Å². The molecule has 3 rings (SSSR count). The molecule has 6 heteroatoms. The van der Waals surface area contributed by atoms with Crippen LogP contribution in [0.25, 0.3) is 0 Å². The maximum Gasteiger partial charge on any atom is 0.355 e. The number of H-pyrrole nitrogens is 1. The van der Waals surface area contributed by atoms with Crippen molar-refractivity contribution >= 4 is 17.7 Å². The summed E-state index contributed by atoms with van der Waals surface area (Å²) in [5.74, 6) is -0.347. The van der Waals surface area contributed by atoms with Crippen LogP contribution in [0.15, 0.2) is 0 Å². The summed E-state index contributed by atoms with van der Waals surface area (Å²) < 4.78 is 5.05. The van der Waals surface area contributed by atoms with E-state index in [2.05, 4.69) is 4.98 Å². The monoisotopic (exact) mass is 360 g/mol. The molecule has 1 heterocycles. The highest BCUT2D eigenvalue weighted by Gasteiger charge is 2.38. The van der Waals surface area contributed by atoms with Gasteiger partial charge in [0.1, 0.15) is 5.69 Å². The smallest absolute Gasteiger partial charge is 0.355 e. The SMILES string of the molecule is CCOC(=O)c1[nH]c(C)c(C(=O)CN(C(=O)C2CCCC2)C2CC2)c1C. The van der Waals surface area contributed by atoms with Crippen LogP contribution >= 0.6 is 0 Å². The Morgan fingerprint density at radius 2 is 1.77 bits per heavy atom. The third kappa shape index (κ3) is 3.69. The molecule has 0 aliphatic heterocycles. The average molecular weight is 360 g/mol. The van der Waals surface area contributed by atoms with E-state index in [1.54, 1.807) is 25.7 Å². The van der Waals surface area contributed by atoms with Crippen LogP contribution in [0, 0.1) is 19.8 Å². The summed E-state index contributed by atoms with van der Waals surface area (Å²) in [5.41, 5.74) is 2.10. The lowest BCUT2D eigenvalue weighted by atomic mass is 10.0. The highest BCUT2D eigenvalue weighted by Crippen LogP contribution is 2.33. The summed E-state index contributed by atoms with van der Waals surface area (Å²) in [6.07, 6.45) is 6.02. The van der Waals surface area contributed by atoms with Gasteiger partial charge in [0.25, 0.3) is 0 Å². The van der Waals surface area contributed by atoms with Gasteiger partial charge in [-0.25, -0.2) is 4.79 Å². The van der Waals surface area contributed by atoms with Gasteiger partial charge < -0.3 is 14.6 Å². The molecule has 142 valence electrons. The van der Waals surface area contributed by atoms with Crippen molar-refractivity contribution in [2.24, 2.45) is 5.92 Å². The number of ether oxygens (including phenoxy) is 1. The van der Waals surface area contributed by atoms with E-state index in [9.17, 15) is 14.4 Å². The highest BCUT2D eigenvalue weighted by atomic mass is 16.5. The molecule has 2 aliphatic rings. The summed E-state index contributed by atoms with van der Waals surface area (Å²) >= 11 is 0. The number of carbonyl (C=O) groups is 3. The van der Waals surface area contributed by atoms with Gasteiger partial charge in [0.05, 0.1) is 13.2 Å². The molecule has 0 bridgehead atoms. The number of nitrogens with one attached hydrogen (secondary N) is 1. The Balaban J connectivity index is 1.77. The Bertz CT molecular complexity index is 712. The van der Waals surface area contributed by atoms with Crippen molar-refractivity contribution in [2.45, 2.75) is 65.3 Å². The fraction of sp³-hybridized carbons (Fsp3) is 0.650. The second kappa shape index (κ2) is 7.64. The zero-order valence-corrected chi connectivity index (χ0v) is 15.9. The van der Waals surface area contributed by atoms with E-state index in [0.29, 0.717) is 22.5 Å². The van der Waals surface area contributed by atoms with Crippen molar-refractivity contribution in [2.75, 3.05) is 13.2 Å². The van der Waals surface area contributed by atoms with E-state index in [4.69, 9.17) is 4.74 Å². The molecular formula is C20H28N2O4. The molecule has 1 aromatic rings. The molecule has 2 fully saturated rings. The van der Waals surface area contributed by atoms with Gasteiger partial charge in [-0.1, -0.05) is 12.8 Å². The minimum Gasteiger partial charge on any atom is -0.461 e. The van der Waals surface area contributed by atoms with Gasteiger partial charge in [-0.05, 0) is 52.0 Å². The lowest BCUT2D eigenvalue weighted by Crippen LogP contribution is -2.40. The lowest BCUT2D eigenvalue weighted by molar-refractivity contribution is -0.135. The molecule has 2 aliphatic carbocycles. The third-order valence-corrected chi connectivity index (χ3v) is 5.48. The number of nitrogens with zero attached hydrogens (tertiary/aromatic N) is 1. The zero-order valence-electron chi connectivity index (χ0n) is 15.9. The first-order valence-corrected chi connectivity index (χ1v) is 9.64. The maximum absolute atomic E-state index is 13.0. The molecule has 1 aromatic heterocycles. The molecule has 0 aromatic carbocycles. The molecule has 1 N–H and O–H groups in total. The number of esters is 1. The molecule has 2 saturated carbocycles. The fourth-order valence-electron chi connectivity index (χ4n) is 3.99. The Morgan fingerprint density at radius 1 is 1.12 bits per heavy atom. The molecule has 0 saturated heterocycles. The van der Waals surface area contributed by atoms with Crippen LogP contribution in [-0.4, -0.2) is 46.7 Å². The predicted octanol–water partition coefficient (Wildman–Crippen LogP) is 3.17. The standard InChI is InChI=1S/C20H28N2O4/c1-4-26-20(25)18-12(2)17(13(3)21-18)16(23)11-22(15-9-10-15)19(24)14-7-5-6-8-14/h14-15,21H,4-11H2,1-3H3. The Kier molecular flexibility index (Phi) is 5.49. The van der Waals surface area contributed by atoms with Gasteiger partial charge in [0.2, 0.25) is 5.91 Å². The summed E-state index contributed by atoms with van der Waals surface area (Å²) in [5, 5.41) is 0. The highest BCUT2D eigenvalue weighted by molar-refractivity contribution is 6.04. The summed E-state index contributed by atoms with van der Waals surface area (Å²) in [4.78, 5) is 42.6. The quantitative estimate of drug-likeness (QED) is 0.598. The first-order valence-electron chi connectivity index (χ1n) is 9.64. The second-order valence-electron chi connectivity index (χ2n) is 7.45. The number of aromatic nitrogens is 1. The summed E-state index contributed by atoms with van der Waals surface area (Å²) in [6.45, 7) is 5.66. The van der Waals surface area contributed by atoms with Crippen molar-refractivity contribution in [3.63, 3.8) is 0 Å². The number of aromatic amines is 1. The van der Waals surface area contributed by atoms with Gasteiger partial charge in [0.15, 0.2) is 5.78 Å². The van der Waals surface area contributed by atoms with E-state index in [1.807, 2.05) is 0 Å². The lowest BCUT2D eigenvalue weighted by Gasteiger charge is -2.25. The maximum atomic E-state index is 13.0. The van der Waals surface area contributed by atoms with Crippen LogP contribution in [0.5, 0.6) is 0 Å². The van der Waals surface area contributed by atoms with Crippen molar-refractivity contribution in [1.29, 1.82) is 0 Å². The van der Waals surface area contributed by atoms with Gasteiger partial charge in [-0.2, -0.15) is 0 Å². The van der Waals surface area contributed by atoms with E-state index in [0.717, 1.165) is 38.5 Å². The van der Waals surface area contributed by atoms with Gasteiger partial charge in [-0.3, -0.25) is 9.59 Å². The average Bonchev–Trinajstić information content (AvgIpc) is 3.19. The summed E-state index contributed by atoms with van der Waals surface area (Å²) in [6, 6.07) is 0.205. The molecule has 0 unspecified atom stereocenters. The third-order valence-electron chi connectivity index (χ3n) is 5.48. The van der Waals surface area contributed by atoms with E-state index in [1.165, 1.54) is 0 Å². The van der Waals surface area contributed by atoms with Crippen molar-refractivity contribution < 1.29 is 19.1 Å². The van der Waals surface area contributed by atoms with Crippen LogP contribution in [0.3, 0.4) is 0 Å². The minimum absolute atomic E-state index is 0.0758. The number of Topliss-reactive ketones (excluding diaryl/α,β-unsaturated/α-hetero) is 1. The second-order valence-corrected chi connectivity index (χ2v) is 7.45. The molecule has 6 nitrogen and oxygen atoms in total. The molecule has 26 heavy (non-hydrogen) atoms. The Hall–Kier alpha value is -2.11. The number of carbonyl (C=O) groups excluding carboxylic acids is 3. The number of amides is 1. The normalized spacial score (nSPS) is 17.3. The Morgan fingerprint density at radius 3 is 2.35 bits per heavy atom. The van der Waals surface area contributed by atoms with E-state index in [-0.39, 0.29) is 36.8 Å². The van der Waals surface area contributed by atoms with Crippen LogP contribution in [-0.2, 0) is 9.53 Å². The number of hydrogen-bond acceptors (Lipinski definition) is 4. The minimum atomic E-state index is -0.451. The van der Waals surface area contributed by atoms with E-state index >= 15 is 0 Å². The number of aryl methyl sites for hydroxylation is 1. The van der Waals surface area contributed by atoms with Crippen LogP contribution < -0.4 is 0 Å². The molecule has 1 amide bonds. The van der Waals surface area contributed by atoms with Crippen LogP contribution in [0.1, 0.15) is 77.6 Å². The zero-order chi connectivity index (χ0) is 18.8. The Labute approximate surface area is 154 Å². The number of hydrogen-bond donors (Lipinski definition) is 1. The van der Waals surface area contributed by atoms with Gasteiger partial charge >= 0.3 is 5.97 Å². The van der Waals surface area contributed by atoms with Gasteiger partial charge in [0, 0.05) is 23.2 Å². The number of rotatable bonds is 7. The van der Waals surface area contributed by atoms with Crippen LogP contribution in [0.2, 0.25) is 0 Å². The fourth-order valence-corrected chi connectivity index (χ4v) is 3.99. The van der Waals surface area contributed by atoms with Gasteiger partial charge in [-0.15, -0.1) is 0 Å².